The van der Waals surface area contributed by atoms with Crippen molar-refractivity contribution in [2.75, 3.05) is 6.61 Å². The molecule has 26 heavy (non-hydrogen) atoms. The van der Waals surface area contributed by atoms with Crippen LogP contribution in [0.15, 0.2) is 52.4 Å². The summed E-state index contributed by atoms with van der Waals surface area (Å²) in [6.45, 7) is 2.72. The number of benzene rings is 2. The summed E-state index contributed by atoms with van der Waals surface area (Å²) in [5.74, 6) is 0.873. The maximum Gasteiger partial charge on any atom is 0.286 e. The Labute approximate surface area is 160 Å². The van der Waals surface area contributed by atoms with Gasteiger partial charge in [0.2, 0.25) is 0 Å². The maximum atomic E-state index is 11.7. The molecule has 2 aromatic carbocycles. The molecule has 0 saturated heterocycles. The van der Waals surface area contributed by atoms with Crippen LogP contribution in [-0.4, -0.2) is 17.7 Å². The molecule has 0 radical (unpaired) electrons. The summed E-state index contributed by atoms with van der Waals surface area (Å²) in [5, 5.41) is 0.909. The molecule has 0 fully saturated rings. The Morgan fingerprint density at radius 1 is 1.19 bits per heavy atom. The molecule has 2 N–H and O–H groups in total. The summed E-state index contributed by atoms with van der Waals surface area (Å²) in [6.07, 6.45) is 1.73. The lowest BCUT2D eigenvalue weighted by atomic mass is 10.2. The van der Waals surface area contributed by atoms with E-state index in [1.54, 1.807) is 6.08 Å². The van der Waals surface area contributed by atoms with E-state index in [1.807, 2.05) is 49.4 Å². The number of carbonyl (C=O) groups is 1. The van der Waals surface area contributed by atoms with Gasteiger partial charge in [-0.2, -0.15) is 4.99 Å². The average molecular weight is 389 g/mol. The number of aliphatic imine (C=N–C) groups is 1. The van der Waals surface area contributed by atoms with E-state index >= 15 is 0 Å². The zero-order chi connectivity index (χ0) is 18.5. The Morgan fingerprint density at radius 3 is 2.69 bits per heavy atom. The molecule has 1 heterocycles. The van der Waals surface area contributed by atoms with Crippen molar-refractivity contribution in [2.24, 2.45) is 10.7 Å². The monoisotopic (exact) mass is 388 g/mol. The lowest BCUT2D eigenvalue weighted by molar-refractivity contribution is -0.113. The molecule has 5 nitrogen and oxygen atoms in total. The standard InChI is InChI=1S/C19H17ClN2O3S/c1-2-24-16-9-12(10-17-18(23)22-19(21)26-17)7-8-15(16)25-11-13-5-3-4-6-14(13)20/h3-10H,2,11H2,1H3,(H2,21,22,23)/b17-10+. The molecule has 0 bridgehead atoms. The van der Waals surface area contributed by atoms with Crippen molar-refractivity contribution < 1.29 is 14.3 Å². The van der Waals surface area contributed by atoms with Gasteiger partial charge < -0.3 is 15.2 Å². The summed E-state index contributed by atoms with van der Waals surface area (Å²) >= 11 is 7.32. The normalized spacial score (nSPS) is 15.2. The molecule has 134 valence electrons. The maximum absolute atomic E-state index is 11.7. The van der Waals surface area contributed by atoms with Gasteiger partial charge in [0.15, 0.2) is 16.7 Å². The number of halogens is 1. The van der Waals surface area contributed by atoms with Crippen LogP contribution in [0.25, 0.3) is 6.08 Å². The highest BCUT2D eigenvalue weighted by molar-refractivity contribution is 8.18. The van der Waals surface area contributed by atoms with Crippen LogP contribution in [0.4, 0.5) is 0 Å². The molecular weight excluding hydrogens is 372 g/mol. The quantitative estimate of drug-likeness (QED) is 0.749. The molecule has 1 aliphatic heterocycles. The lowest BCUT2D eigenvalue weighted by Gasteiger charge is -2.13. The first-order valence-corrected chi connectivity index (χ1v) is 9.17. The van der Waals surface area contributed by atoms with Crippen molar-refractivity contribution in [2.45, 2.75) is 13.5 Å². The van der Waals surface area contributed by atoms with Gasteiger partial charge in [0.1, 0.15) is 6.61 Å². The van der Waals surface area contributed by atoms with Crippen LogP contribution in [0.1, 0.15) is 18.1 Å². The Balaban J connectivity index is 1.80. The topological polar surface area (TPSA) is 73.9 Å². The second-order valence-corrected chi connectivity index (χ2v) is 6.85. The zero-order valence-electron chi connectivity index (χ0n) is 14.1. The Bertz CT molecular complexity index is 896. The zero-order valence-corrected chi connectivity index (χ0v) is 15.6. The average Bonchev–Trinajstić information content (AvgIpc) is 2.93. The van der Waals surface area contributed by atoms with Crippen molar-refractivity contribution in [3.05, 3.63) is 63.5 Å². The van der Waals surface area contributed by atoms with Crippen LogP contribution >= 0.6 is 23.4 Å². The largest absolute Gasteiger partial charge is 0.490 e. The van der Waals surface area contributed by atoms with Crippen molar-refractivity contribution >= 4 is 40.5 Å². The van der Waals surface area contributed by atoms with Crippen molar-refractivity contribution in [1.82, 2.24) is 0 Å². The Morgan fingerprint density at radius 2 is 2.00 bits per heavy atom. The molecule has 0 atom stereocenters. The summed E-state index contributed by atoms with van der Waals surface area (Å²) in [7, 11) is 0. The molecule has 3 rings (SSSR count). The van der Waals surface area contributed by atoms with Crippen LogP contribution in [-0.2, 0) is 11.4 Å². The Hall–Kier alpha value is -2.44. The third-order valence-electron chi connectivity index (χ3n) is 3.54. The van der Waals surface area contributed by atoms with Gasteiger partial charge in [-0.05, 0) is 48.5 Å². The summed E-state index contributed by atoms with van der Waals surface area (Å²) < 4.78 is 11.6. The van der Waals surface area contributed by atoms with Gasteiger partial charge in [-0.15, -0.1) is 0 Å². The second kappa shape index (κ2) is 8.29. The SMILES string of the molecule is CCOc1cc(/C=C2/SC(N)=NC2=O)ccc1OCc1ccccc1Cl. The summed E-state index contributed by atoms with van der Waals surface area (Å²) in [5.41, 5.74) is 7.27. The minimum absolute atomic E-state index is 0.256. The van der Waals surface area contributed by atoms with Gasteiger partial charge in [0, 0.05) is 10.6 Å². The Kier molecular flexibility index (Phi) is 5.85. The number of amidine groups is 1. The molecule has 0 aliphatic carbocycles. The van der Waals surface area contributed by atoms with Gasteiger partial charge in [-0.3, -0.25) is 4.79 Å². The predicted octanol–water partition coefficient (Wildman–Crippen LogP) is 4.25. The van der Waals surface area contributed by atoms with Gasteiger partial charge in [0.25, 0.3) is 5.91 Å². The van der Waals surface area contributed by atoms with Gasteiger partial charge in [-0.1, -0.05) is 35.9 Å². The summed E-state index contributed by atoms with van der Waals surface area (Å²) in [6, 6.07) is 13.0. The van der Waals surface area contributed by atoms with E-state index < -0.39 is 0 Å². The predicted molar refractivity (Wildman–Crippen MR) is 106 cm³/mol. The first-order valence-electron chi connectivity index (χ1n) is 7.98. The van der Waals surface area contributed by atoms with Gasteiger partial charge in [-0.25, -0.2) is 0 Å². The van der Waals surface area contributed by atoms with Crippen molar-refractivity contribution in [3.63, 3.8) is 0 Å². The van der Waals surface area contributed by atoms with E-state index in [9.17, 15) is 4.79 Å². The van der Waals surface area contributed by atoms with E-state index in [2.05, 4.69) is 4.99 Å². The molecule has 0 aromatic heterocycles. The summed E-state index contributed by atoms with van der Waals surface area (Å²) in [4.78, 5) is 15.9. The molecule has 2 aromatic rings. The van der Waals surface area contributed by atoms with E-state index in [0.717, 1.165) is 22.9 Å². The highest BCUT2D eigenvalue weighted by Crippen LogP contribution is 2.32. The number of rotatable bonds is 6. The minimum Gasteiger partial charge on any atom is -0.490 e. The van der Waals surface area contributed by atoms with Crippen LogP contribution < -0.4 is 15.2 Å². The first-order chi connectivity index (χ1) is 12.6. The number of amides is 1. The molecule has 0 saturated carbocycles. The first kappa shape index (κ1) is 18.4. The fourth-order valence-electron chi connectivity index (χ4n) is 2.35. The van der Waals surface area contributed by atoms with E-state index in [1.165, 1.54) is 0 Å². The van der Waals surface area contributed by atoms with Crippen LogP contribution in [0.3, 0.4) is 0 Å². The highest BCUT2D eigenvalue weighted by Gasteiger charge is 2.19. The number of hydrogen-bond acceptors (Lipinski definition) is 5. The lowest BCUT2D eigenvalue weighted by Crippen LogP contribution is -2.01. The van der Waals surface area contributed by atoms with E-state index in [0.29, 0.717) is 34.6 Å². The van der Waals surface area contributed by atoms with Crippen LogP contribution in [0.5, 0.6) is 11.5 Å². The molecule has 0 spiro atoms. The number of thioether (sulfide) groups is 1. The van der Waals surface area contributed by atoms with Gasteiger partial charge in [0.05, 0.1) is 11.5 Å². The number of hydrogen-bond donors (Lipinski definition) is 1. The van der Waals surface area contributed by atoms with Crippen molar-refractivity contribution in [3.8, 4) is 11.5 Å². The molecule has 1 amide bonds. The number of carbonyl (C=O) groups excluding carboxylic acids is 1. The van der Waals surface area contributed by atoms with Gasteiger partial charge >= 0.3 is 0 Å². The number of ether oxygens (including phenoxy) is 2. The van der Waals surface area contributed by atoms with Crippen LogP contribution in [0.2, 0.25) is 5.02 Å². The van der Waals surface area contributed by atoms with Crippen molar-refractivity contribution in [1.29, 1.82) is 0 Å². The van der Waals surface area contributed by atoms with E-state index in [-0.39, 0.29) is 11.1 Å². The smallest absolute Gasteiger partial charge is 0.286 e. The van der Waals surface area contributed by atoms with Crippen LogP contribution in [0, 0.1) is 0 Å². The van der Waals surface area contributed by atoms with E-state index in [4.69, 9.17) is 26.8 Å². The fourth-order valence-corrected chi connectivity index (χ4v) is 3.22. The number of nitrogens with zero attached hydrogens (tertiary/aromatic N) is 1. The second-order valence-electron chi connectivity index (χ2n) is 5.39. The molecular formula is C19H17ClN2O3S. The molecule has 0 unspecified atom stereocenters. The minimum atomic E-state index is -0.329. The third-order valence-corrected chi connectivity index (χ3v) is 4.72. The molecule has 7 heteroatoms. The number of nitrogens with two attached hydrogens (primary N) is 1. The fraction of sp³-hybridized carbons (Fsp3) is 0.158. The third kappa shape index (κ3) is 4.39. The highest BCUT2D eigenvalue weighted by atomic mass is 35.5. The molecule has 1 aliphatic rings.